The fourth-order valence-electron chi connectivity index (χ4n) is 2.20. The van der Waals surface area contributed by atoms with Crippen molar-refractivity contribution >= 4 is 6.03 Å². The van der Waals surface area contributed by atoms with E-state index in [0.29, 0.717) is 13.0 Å². The molecule has 0 bridgehead atoms. The minimum atomic E-state index is -0.243. The molecule has 0 spiro atoms. The highest BCUT2D eigenvalue weighted by molar-refractivity contribution is 5.74. The molecule has 0 aromatic heterocycles. The largest absolute Gasteiger partial charge is 0.338 e. The molecule has 1 aromatic rings. The average Bonchev–Trinajstić information content (AvgIpc) is 2.89. The minimum Gasteiger partial charge on any atom is -0.338 e. The molecule has 1 aliphatic rings. The molecule has 0 saturated heterocycles. The Kier molecular flexibility index (Phi) is 4.95. The maximum Gasteiger partial charge on any atom is 0.318 e. The fraction of sp³-hybridized carbons (Fsp3) is 0.400. The molecule has 0 atom stereocenters. The summed E-state index contributed by atoms with van der Waals surface area (Å²) >= 11 is 0. The maximum absolute atomic E-state index is 12.9. The van der Waals surface area contributed by atoms with Crippen LogP contribution in [0.25, 0.3) is 0 Å². The van der Waals surface area contributed by atoms with E-state index in [1.165, 1.54) is 30.5 Å². The molecule has 2 N–H and O–H groups in total. The van der Waals surface area contributed by atoms with E-state index in [0.717, 1.165) is 18.4 Å². The van der Waals surface area contributed by atoms with Gasteiger partial charge in [0.25, 0.3) is 0 Å². The third kappa shape index (κ3) is 4.73. The van der Waals surface area contributed by atoms with Gasteiger partial charge in [0.15, 0.2) is 0 Å². The van der Waals surface area contributed by atoms with E-state index in [-0.39, 0.29) is 11.8 Å². The highest BCUT2D eigenvalue weighted by Crippen LogP contribution is 2.22. The molecule has 2 amide bonds. The topological polar surface area (TPSA) is 41.1 Å². The zero-order chi connectivity index (χ0) is 13.5. The van der Waals surface area contributed by atoms with Gasteiger partial charge in [-0.3, -0.25) is 0 Å². The zero-order valence-corrected chi connectivity index (χ0v) is 10.9. The van der Waals surface area contributed by atoms with Crippen molar-refractivity contribution in [2.24, 2.45) is 0 Å². The van der Waals surface area contributed by atoms with Crippen LogP contribution in [0.4, 0.5) is 9.18 Å². The number of halogens is 1. The van der Waals surface area contributed by atoms with Gasteiger partial charge in [-0.15, -0.1) is 0 Å². The Bertz CT molecular complexity index is 463. The van der Waals surface area contributed by atoms with Crippen molar-refractivity contribution in [2.75, 3.05) is 6.54 Å². The lowest BCUT2D eigenvalue weighted by molar-refractivity contribution is 0.244. The third-order valence-corrected chi connectivity index (χ3v) is 3.24. The molecule has 1 aromatic carbocycles. The fourth-order valence-corrected chi connectivity index (χ4v) is 2.20. The second-order valence-corrected chi connectivity index (χ2v) is 4.79. The smallest absolute Gasteiger partial charge is 0.318 e. The van der Waals surface area contributed by atoms with Crippen LogP contribution in [0.1, 0.15) is 31.2 Å². The first kappa shape index (κ1) is 13.6. The molecule has 3 nitrogen and oxygen atoms in total. The lowest BCUT2D eigenvalue weighted by Crippen LogP contribution is -2.33. The molecule has 1 aliphatic carbocycles. The van der Waals surface area contributed by atoms with Crippen LogP contribution >= 0.6 is 0 Å². The maximum atomic E-state index is 12.9. The van der Waals surface area contributed by atoms with Crippen LogP contribution in [-0.2, 0) is 6.42 Å². The molecule has 0 aliphatic heterocycles. The predicted molar refractivity (Wildman–Crippen MR) is 73.2 cm³/mol. The average molecular weight is 262 g/mol. The second kappa shape index (κ2) is 6.92. The minimum absolute atomic E-state index is 0.198. The number of carbonyl (C=O) groups is 1. The normalized spacial score (nSPS) is 14.3. The van der Waals surface area contributed by atoms with Crippen LogP contribution in [0, 0.1) is 5.82 Å². The summed E-state index contributed by atoms with van der Waals surface area (Å²) in [5.74, 6) is -0.243. The molecule has 0 heterocycles. The van der Waals surface area contributed by atoms with Gasteiger partial charge in [-0.25, -0.2) is 9.18 Å². The number of carbonyl (C=O) groups excluding carboxylic acids is 1. The van der Waals surface area contributed by atoms with Crippen LogP contribution < -0.4 is 10.6 Å². The molecule has 2 rings (SSSR count). The van der Waals surface area contributed by atoms with Gasteiger partial charge in [-0.1, -0.05) is 17.7 Å². The molecular formula is C15H19FN2O. The van der Waals surface area contributed by atoms with Gasteiger partial charge in [0.05, 0.1) is 0 Å². The second-order valence-electron chi connectivity index (χ2n) is 4.79. The number of amides is 2. The van der Waals surface area contributed by atoms with E-state index in [4.69, 9.17) is 0 Å². The van der Waals surface area contributed by atoms with E-state index < -0.39 is 0 Å². The van der Waals surface area contributed by atoms with Gasteiger partial charge in [-0.05, 0) is 49.8 Å². The van der Waals surface area contributed by atoms with Crippen molar-refractivity contribution in [2.45, 2.75) is 32.1 Å². The zero-order valence-electron chi connectivity index (χ0n) is 10.9. The summed E-state index contributed by atoms with van der Waals surface area (Å²) in [4.78, 5) is 11.5. The summed E-state index contributed by atoms with van der Waals surface area (Å²) in [6, 6.07) is 6.23. The van der Waals surface area contributed by atoms with Gasteiger partial charge in [-0.2, -0.15) is 0 Å². The summed E-state index contributed by atoms with van der Waals surface area (Å²) < 4.78 is 12.9. The van der Waals surface area contributed by atoms with Gasteiger partial charge < -0.3 is 10.6 Å². The lowest BCUT2D eigenvalue weighted by Gasteiger charge is -2.05. The highest BCUT2D eigenvalue weighted by Gasteiger charge is 2.06. The van der Waals surface area contributed by atoms with Crippen molar-refractivity contribution in [3.8, 4) is 0 Å². The molecule has 102 valence electrons. The number of benzene rings is 1. The van der Waals surface area contributed by atoms with E-state index in [9.17, 15) is 9.18 Å². The summed E-state index contributed by atoms with van der Waals surface area (Å²) in [6.07, 6.45) is 7.04. The van der Waals surface area contributed by atoms with E-state index in [2.05, 4.69) is 10.6 Å². The predicted octanol–water partition coefficient (Wildman–Crippen LogP) is 3.13. The Labute approximate surface area is 112 Å². The van der Waals surface area contributed by atoms with Gasteiger partial charge in [0.2, 0.25) is 0 Å². The van der Waals surface area contributed by atoms with Crippen LogP contribution in [0.5, 0.6) is 0 Å². The van der Waals surface area contributed by atoms with Crippen LogP contribution in [-0.4, -0.2) is 12.6 Å². The quantitative estimate of drug-likeness (QED) is 0.860. The van der Waals surface area contributed by atoms with Crippen molar-refractivity contribution < 1.29 is 9.18 Å². The van der Waals surface area contributed by atoms with E-state index in [1.54, 1.807) is 6.07 Å². The molecule has 19 heavy (non-hydrogen) atoms. The monoisotopic (exact) mass is 262 g/mol. The first-order valence-electron chi connectivity index (χ1n) is 6.71. The van der Waals surface area contributed by atoms with Crippen LogP contribution in [0.2, 0.25) is 0 Å². The molecular weight excluding hydrogens is 243 g/mol. The van der Waals surface area contributed by atoms with E-state index >= 15 is 0 Å². The lowest BCUT2D eigenvalue weighted by atomic mass is 10.1. The van der Waals surface area contributed by atoms with Crippen molar-refractivity contribution in [1.29, 1.82) is 0 Å². The first-order chi connectivity index (χ1) is 9.24. The SMILES string of the molecule is O=C(NC=C1CCCC1)NCCc1cccc(F)c1. The summed E-state index contributed by atoms with van der Waals surface area (Å²) in [7, 11) is 0. The number of hydrogen-bond acceptors (Lipinski definition) is 1. The van der Waals surface area contributed by atoms with Crippen molar-refractivity contribution in [1.82, 2.24) is 10.6 Å². The van der Waals surface area contributed by atoms with Gasteiger partial charge in [0.1, 0.15) is 5.82 Å². The Balaban J connectivity index is 1.67. The molecule has 0 unspecified atom stereocenters. The standard InChI is InChI=1S/C15H19FN2O/c16-14-7-3-6-12(10-14)8-9-17-15(19)18-11-13-4-1-2-5-13/h3,6-7,10-11H,1-2,4-5,8-9H2,(H2,17,18,19). The Hall–Kier alpha value is -1.84. The number of rotatable bonds is 4. The molecule has 0 radical (unpaired) electrons. The molecule has 4 heteroatoms. The Morgan fingerprint density at radius 2 is 2.11 bits per heavy atom. The third-order valence-electron chi connectivity index (χ3n) is 3.24. The van der Waals surface area contributed by atoms with Gasteiger partial charge in [0, 0.05) is 12.7 Å². The van der Waals surface area contributed by atoms with E-state index in [1.807, 2.05) is 12.3 Å². The number of nitrogens with one attached hydrogen (secondary N) is 2. The molecule has 1 fully saturated rings. The van der Waals surface area contributed by atoms with Crippen molar-refractivity contribution in [3.63, 3.8) is 0 Å². The first-order valence-corrected chi connectivity index (χ1v) is 6.71. The van der Waals surface area contributed by atoms with Crippen LogP contribution in [0.3, 0.4) is 0 Å². The van der Waals surface area contributed by atoms with Gasteiger partial charge >= 0.3 is 6.03 Å². The number of hydrogen-bond donors (Lipinski definition) is 2. The van der Waals surface area contributed by atoms with Crippen molar-refractivity contribution in [3.05, 3.63) is 47.4 Å². The summed E-state index contributed by atoms with van der Waals surface area (Å²) in [5.41, 5.74) is 2.19. The summed E-state index contributed by atoms with van der Waals surface area (Å²) in [5, 5.41) is 5.49. The molecule has 1 saturated carbocycles. The number of urea groups is 1. The Morgan fingerprint density at radius 3 is 2.84 bits per heavy atom. The highest BCUT2D eigenvalue weighted by atomic mass is 19.1. The van der Waals surface area contributed by atoms with Crippen LogP contribution in [0.15, 0.2) is 36.0 Å². The summed E-state index contributed by atoms with van der Waals surface area (Å²) in [6.45, 7) is 0.498. The Morgan fingerprint density at radius 1 is 1.32 bits per heavy atom. The number of allylic oxidation sites excluding steroid dienone is 1.